The van der Waals surface area contributed by atoms with Crippen molar-refractivity contribution in [3.8, 4) is 22.9 Å². The smallest absolute Gasteiger partial charge is 0.387 e. The first kappa shape index (κ1) is 23.1. The van der Waals surface area contributed by atoms with Gasteiger partial charge in [-0.2, -0.15) is 13.8 Å². The van der Waals surface area contributed by atoms with Crippen molar-refractivity contribution in [2.24, 2.45) is 0 Å². The quantitative estimate of drug-likeness (QED) is 0.492. The normalized spacial score (nSPS) is 17.9. The second-order valence-electron chi connectivity index (χ2n) is 7.34. The fourth-order valence-corrected chi connectivity index (χ4v) is 3.72. The zero-order valence-corrected chi connectivity index (χ0v) is 18.0. The second-order valence-corrected chi connectivity index (χ2v) is 7.34. The van der Waals surface area contributed by atoms with E-state index in [4.69, 9.17) is 9.26 Å². The molecule has 1 fully saturated rings. The van der Waals surface area contributed by atoms with Crippen molar-refractivity contribution >= 4 is 11.9 Å². The molecule has 2 heterocycles. The second kappa shape index (κ2) is 9.04. The molecule has 0 radical (unpaired) electrons. The number of ether oxygens (including phenoxy) is 2. The van der Waals surface area contributed by atoms with Crippen molar-refractivity contribution in [1.29, 1.82) is 0 Å². The van der Waals surface area contributed by atoms with E-state index in [9.17, 15) is 22.8 Å². The molecule has 9 nitrogen and oxygen atoms in total. The van der Waals surface area contributed by atoms with Gasteiger partial charge in [0, 0.05) is 5.56 Å². The van der Waals surface area contributed by atoms with E-state index in [0.717, 1.165) is 4.90 Å². The van der Waals surface area contributed by atoms with Crippen LogP contribution in [0.4, 0.5) is 18.0 Å². The van der Waals surface area contributed by atoms with Gasteiger partial charge >= 0.3 is 12.6 Å². The van der Waals surface area contributed by atoms with E-state index in [0.29, 0.717) is 11.1 Å². The number of nitrogens with zero attached hydrogens (tertiary/aromatic N) is 3. The zero-order valence-electron chi connectivity index (χ0n) is 18.0. The maximum Gasteiger partial charge on any atom is 0.387 e. The van der Waals surface area contributed by atoms with E-state index in [1.165, 1.54) is 49.6 Å². The minimum absolute atomic E-state index is 0.0311. The van der Waals surface area contributed by atoms with Gasteiger partial charge in [-0.3, -0.25) is 9.69 Å². The molecule has 0 bridgehead atoms. The van der Waals surface area contributed by atoms with Crippen molar-refractivity contribution in [2.45, 2.75) is 32.0 Å². The Morgan fingerprint density at radius 3 is 2.53 bits per heavy atom. The van der Waals surface area contributed by atoms with E-state index < -0.39 is 29.9 Å². The van der Waals surface area contributed by atoms with Crippen LogP contribution in [0.1, 0.15) is 24.8 Å². The molecule has 1 unspecified atom stereocenters. The number of benzene rings is 2. The monoisotopic (exact) mass is 476 g/mol. The highest BCUT2D eigenvalue weighted by atomic mass is 19.3. The molecular formula is C22H19F3N4O5. The van der Waals surface area contributed by atoms with Gasteiger partial charge < -0.3 is 19.3 Å². The molecule has 1 saturated heterocycles. The lowest BCUT2D eigenvalue weighted by Crippen LogP contribution is -2.43. The fraction of sp³-hybridized carbons (Fsp3) is 0.273. The number of halogens is 3. The first-order chi connectivity index (χ1) is 16.3. The van der Waals surface area contributed by atoms with Gasteiger partial charge in [0.05, 0.1) is 7.11 Å². The van der Waals surface area contributed by atoms with Gasteiger partial charge in [0.25, 0.3) is 5.91 Å². The predicted octanol–water partition coefficient (Wildman–Crippen LogP) is 3.84. The van der Waals surface area contributed by atoms with Gasteiger partial charge in [-0.1, -0.05) is 24.2 Å². The van der Waals surface area contributed by atoms with E-state index >= 15 is 0 Å². The Bertz CT molecular complexity index is 1220. The van der Waals surface area contributed by atoms with Crippen LogP contribution in [0.25, 0.3) is 11.4 Å². The Labute approximate surface area is 191 Å². The van der Waals surface area contributed by atoms with Gasteiger partial charge in [0.15, 0.2) is 11.5 Å². The molecule has 34 heavy (non-hydrogen) atoms. The SMILES string of the molecule is CCC1(c2ccc(F)cc2)NC(=O)N(Cc2nc(-c3ccc(OC(F)F)c(OC)c3)no2)C1=O. The number of amides is 3. The zero-order chi connectivity index (χ0) is 24.5. The molecule has 1 aliphatic rings. The summed E-state index contributed by atoms with van der Waals surface area (Å²) in [5.74, 6) is -1.08. The number of alkyl halides is 2. The van der Waals surface area contributed by atoms with Crippen LogP contribution in [0.2, 0.25) is 0 Å². The molecule has 2 aromatic carbocycles. The molecule has 1 aliphatic heterocycles. The lowest BCUT2D eigenvalue weighted by atomic mass is 9.87. The molecule has 1 atom stereocenters. The molecule has 3 aromatic rings. The van der Waals surface area contributed by atoms with Gasteiger partial charge in [0.1, 0.15) is 17.9 Å². The topological polar surface area (TPSA) is 107 Å². The Morgan fingerprint density at radius 2 is 1.88 bits per heavy atom. The Balaban J connectivity index is 1.56. The number of methoxy groups -OCH3 is 1. The van der Waals surface area contributed by atoms with E-state index in [1.54, 1.807) is 6.92 Å². The fourth-order valence-electron chi connectivity index (χ4n) is 3.72. The lowest BCUT2D eigenvalue weighted by molar-refractivity contribution is -0.132. The van der Waals surface area contributed by atoms with Crippen LogP contribution in [0.3, 0.4) is 0 Å². The van der Waals surface area contributed by atoms with Crippen LogP contribution in [-0.2, 0) is 16.9 Å². The van der Waals surface area contributed by atoms with Gasteiger partial charge in [-0.05, 0) is 42.3 Å². The maximum absolute atomic E-state index is 13.3. The van der Waals surface area contributed by atoms with E-state index in [1.807, 2.05) is 0 Å². The Kier molecular flexibility index (Phi) is 6.14. The number of imide groups is 1. The first-order valence-corrected chi connectivity index (χ1v) is 10.1. The van der Waals surface area contributed by atoms with Crippen LogP contribution >= 0.6 is 0 Å². The number of hydrogen-bond donors (Lipinski definition) is 1. The van der Waals surface area contributed by atoms with Crippen LogP contribution < -0.4 is 14.8 Å². The van der Waals surface area contributed by atoms with E-state index in [2.05, 4.69) is 20.2 Å². The molecule has 0 aliphatic carbocycles. The number of carbonyl (C=O) groups is 2. The van der Waals surface area contributed by atoms with Gasteiger partial charge in [-0.25, -0.2) is 9.18 Å². The van der Waals surface area contributed by atoms with Gasteiger partial charge in [-0.15, -0.1) is 0 Å². The van der Waals surface area contributed by atoms with E-state index in [-0.39, 0.29) is 36.2 Å². The molecular weight excluding hydrogens is 457 g/mol. The maximum atomic E-state index is 13.3. The highest BCUT2D eigenvalue weighted by Gasteiger charge is 2.51. The summed E-state index contributed by atoms with van der Waals surface area (Å²) in [4.78, 5) is 31.0. The summed E-state index contributed by atoms with van der Waals surface area (Å²) in [6, 6.07) is 8.74. The summed E-state index contributed by atoms with van der Waals surface area (Å²) in [6.45, 7) is -1.60. The highest BCUT2D eigenvalue weighted by molar-refractivity contribution is 6.07. The lowest BCUT2D eigenvalue weighted by Gasteiger charge is -2.25. The number of rotatable bonds is 8. The van der Waals surface area contributed by atoms with Crippen molar-refractivity contribution < 1.29 is 36.8 Å². The largest absolute Gasteiger partial charge is 0.493 e. The van der Waals surface area contributed by atoms with Crippen molar-refractivity contribution in [1.82, 2.24) is 20.4 Å². The van der Waals surface area contributed by atoms with Gasteiger partial charge in [0.2, 0.25) is 11.7 Å². The minimum atomic E-state index is -3.02. The van der Waals surface area contributed by atoms with Crippen LogP contribution in [0.5, 0.6) is 11.5 Å². The van der Waals surface area contributed by atoms with Crippen LogP contribution in [0.15, 0.2) is 47.0 Å². The third kappa shape index (κ3) is 4.14. The summed E-state index contributed by atoms with van der Waals surface area (Å²) in [7, 11) is 1.29. The Hall–Kier alpha value is -4.09. The summed E-state index contributed by atoms with van der Waals surface area (Å²) < 4.78 is 53.0. The number of urea groups is 1. The number of hydrogen-bond acceptors (Lipinski definition) is 7. The number of aromatic nitrogens is 2. The average Bonchev–Trinajstić information content (AvgIpc) is 3.38. The van der Waals surface area contributed by atoms with Crippen molar-refractivity contribution in [3.63, 3.8) is 0 Å². The summed E-state index contributed by atoms with van der Waals surface area (Å²) in [5.41, 5.74) is -0.525. The standard InChI is InChI=1S/C22H19F3N4O5/c1-3-22(13-5-7-14(23)8-6-13)19(30)29(21(31)27-22)11-17-26-18(28-34-17)12-4-9-15(33-20(24)25)16(10-12)32-2/h4-10,20H,3,11H2,1-2H3,(H,27,31). The summed E-state index contributed by atoms with van der Waals surface area (Å²) in [6.07, 6.45) is 0.238. The minimum Gasteiger partial charge on any atom is -0.493 e. The summed E-state index contributed by atoms with van der Waals surface area (Å²) in [5, 5.41) is 6.51. The van der Waals surface area contributed by atoms with Crippen molar-refractivity contribution in [3.05, 3.63) is 59.7 Å². The predicted molar refractivity (Wildman–Crippen MR) is 110 cm³/mol. The van der Waals surface area contributed by atoms with Crippen LogP contribution in [0, 0.1) is 5.82 Å². The third-order valence-electron chi connectivity index (χ3n) is 5.44. The molecule has 1 aromatic heterocycles. The molecule has 0 spiro atoms. The van der Waals surface area contributed by atoms with Crippen molar-refractivity contribution in [2.75, 3.05) is 7.11 Å². The molecule has 1 N–H and O–H groups in total. The third-order valence-corrected chi connectivity index (χ3v) is 5.44. The molecule has 12 heteroatoms. The molecule has 3 amide bonds. The average molecular weight is 476 g/mol. The number of nitrogens with one attached hydrogen (secondary N) is 1. The molecule has 4 rings (SSSR count). The highest BCUT2D eigenvalue weighted by Crippen LogP contribution is 2.34. The van der Waals surface area contributed by atoms with Crippen LogP contribution in [-0.4, -0.2) is 40.7 Å². The number of carbonyl (C=O) groups excluding carboxylic acids is 2. The molecule has 0 saturated carbocycles. The molecule has 178 valence electrons. The summed E-state index contributed by atoms with van der Waals surface area (Å²) >= 11 is 0. The Morgan fingerprint density at radius 1 is 1.15 bits per heavy atom. The first-order valence-electron chi connectivity index (χ1n) is 10.1.